The molecule has 0 bridgehead atoms. The number of halogens is 1. The lowest BCUT2D eigenvalue weighted by Crippen LogP contribution is -2.34. The largest absolute Gasteiger partial charge is 0.486 e. The first-order valence-electron chi connectivity index (χ1n) is 8.85. The summed E-state index contributed by atoms with van der Waals surface area (Å²) in [5.41, 5.74) is 7.07. The van der Waals surface area contributed by atoms with Crippen LogP contribution in [0.1, 0.15) is 31.5 Å². The van der Waals surface area contributed by atoms with Crippen molar-refractivity contribution in [1.82, 2.24) is 10.1 Å². The molecule has 3 heterocycles. The van der Waals surface area contributed by atoms with Crippen molar-refractivity contribution in [2.24, 2.45) is 5.73 Å². The summed E-state index contributed by atoms with van der Waals surface area (Å²) in [6.07, 6.45) is 4.07. The zero-order valence-electron chi connectivity index (χ0n) is 14.6. The van der Waals surface area contributed by atoms with Crippen LogP contribution in [0.2, 0.25) is 0 Å². The highest BCUT2D eigenvalue weighted by Crippen LogP contribution is 2.40. The minimum Gasteiger partial charge on any atom is -0.486 e. The Hall–Kier alpha value is -2.09. The second-order valence-electron chi connectivity index (χ2n) is 6.81. The fourth-order valence-corrected chi connectivity index (χ4v) is 4.48. The molecule has 1 aliphatic heterocycles. The molecule has 6 nitrogen and oxygen atoms in total. The third-order valence-electron chi connectivity index (χ3n) is 5.01. The predicted molar refractivity (Wildman–Crippen MR) is 106 cm³/mol. The number of rotatable bonds is 3. The SMILES string of the molecule is Cl.NC1(c2noc(-c3ccc(-c4ccc5c(c4)OCCO5)s3)n2)CCCC1. The van der Waals surface area contributed by atoms with E-state index < -0.39 is 5.54 Å². The molecule has 0 unspecified atom stereocenters. The van der Waals surface area contributed by atoms with E-state index in [4.69, 9.17) is 19.7 Å². The van der Waals surface area contributed by atoms with Gasteiger partial charge < -0.3 is 19.7 Å². The van der Waals surface area contributed by atoms with Crippen molar-refractivity contribution in [2.45, 2.75) is 31.2 Å². The van der Waals surface area contributed by atoms with Gasteiger partial charge in [-0.05, 0) is 48.7 Å². The van der Waals surface area contributed by atoms with Crippen molar-refractivity contribution in [3.8, 4) is 32.7 Å². The van der Waals surface area contributed by atoms with Gasteiger partial charge in [-0.3, -0.25) is 0 Å². The molecule has 0 atom stereocenters. The zero-order valence-corrected chi connectivity index (χ0v) is 16.3. The van der Waals surface area contributed by atoms with E-state index in [1.807, 2.05) is 24.3 Å². The fourth-order valence-electron chi connectivity index (χ4n) is 3.56. The molecule has 0 radical (unpaired) electrons. The quantitative estimate of drug-likeness (QED) is 0.695. The van der Waals surface area contributed by atoms with Gasteiger partial charge in [-0.25, -0.2) is 0 Å². The third kappa shape index (κ3) is 3.31. The number of hydrogen-bond donors (Lipinski definition) is 1. The number of nitrogens with zero attached hydrogens (tertiary/aromatic N) is 2. The van der Waals surface area contributed by atoms with Crippen LogP contribution in [0.25, 0.3) is 21.2 Å². The van der Waals surface area contributed by atoms with Crippen LogP contribution in [0.5, 0.6) is 11.5 Å². The Morgan fingerprint density at radius 1 is 0.963 bits per heavy atom. The molecule has 2 aromatic heterocycles. The number of nitrogens with two attached hydrogens (primary N) is 1. The lowest BCUT2D eigenvalue weighted by Gasteiger charge is -2.18. The van der Waals surface area contributed by atoms with Crippen LogP contribution >= 0.6 is 23.7 Å². The van der Waals surface area contributed by atoms with Gasteiger partial charge in [0.15, 0.2) is 17.3 Å². The summed E-state index contributed by atoms with van der Waals surface area (Å²) in [6, 6.07) is 10.1. The summed E-state index contributed by atoms with van der Waals surface area (Å²) in [5, 5.41) is 4.15. The van der Waals surface area contributed by atoms with Gasteiger partial charge >= 0.3 is 0 Å². The van der Waals surface area contributed by atoms with E-state index in [-0.39, 0.29) is 12.4 Å². The first-order valence-corrected chi connectivity index (χ1v) is 9.66. The Labute approximate surface area is 167 Å². The van der Waals surface area contributed by atoms with Crippen LogP contribution in [-0.4, -0.2) is 23.4 Å². The monoisotopic (exact) mass is 405 g/mol. The molecule has 142 valence electrons. The summed E-state index contributed by atoms with van der Waals surface area (Å²) in [5.74, 6) is 2.74. The number of hydrogen-bond acceptors (Lipinski definition) is 7. The lowest BCUT2D eigenvalue weighted by molar-refractivity contribution is 0.171. The maximum absolute atomic E-state index is 6.43. The van der Waals surface area contributed by atoms with E-state index in [9.17, 15) is 0 Å². The summed E-state index contributed by atoms with van der Waals surface area (Å²) >= 11 is 1.61. The van der Waals surface area contributed by atoms with E-state index in [0.717, 1.165) is 52.5 Å². The third-order valence-corrected chi connectivity index (χ3v) is 6.13. The Morgan fingerprint density at radius 2 is 1.70 bits per heavy atom. The van der Waals surface area contributed by atoms with Gasteiger partial charge in [0.1, 0.15) is 13.2 Å². The highest BCUT2D eigenvalue weighted by molar-refractivity contribution is 7.18. The summed E-state index contributed by atoms with van der Waals surface area (Å²) in [7, 11) is 0. The average Bonchev–Trinajstić information content (AvgIpc) is 3.41. The molecule has 27 heavy (non-hydrogen) atoms. The maximum atomic E-state index is 6.43. The van der Waals surface area contributed by atoms with Gasteiger partial charge in [-0.2, -0.15) is 4.98 Å². The lowest BCUT2D eigenvalue weighted by atomic mass is 9.99. The van der Waals surface area contributed by atoms with Crippen LogP contribution in [0.3, 0.4) is 0 Å². The van der Waals surface area contributed by atoms with Crippen LogP contribution in [0.4, 0.5) is 0 Å². The maximum Gasteiger partial charge on any atom is 0.268 e. The molecular weight excluding hydrogens is 386 g/mol. The van der Waals surface area contributed by atoms with Crippen molar-refractivity contribution in [3.05, 3.63) is 36.2 Å². The minimum atomic E-state index is -0.433. The average molecular weight is 406 g/mol. The molecule has 8 heteroatoms. The topological polar surface area (TPSA) is 83.4 Å². The number of ether oxygens (including phenoxy) is 2. The highest BCUT2D eigenvalue weighted by atomic mass is 35.5. The molecule has 2 N–H and O–H groups in total. The van der Waals surface area contributed by atoms with Gasteiger partial charge in [0.2, 0.25) is 0 Å². The van der Waals surface area contributed by atoms with Gasteiger partial charge in [0.05, 0.1) is 10.4 Å². The van der Waals surface area contributed by atoms with E-state index in [0.29, 0.717) is 24.9 Å². The normalized spacial score (nSPS) is 17.5. The van der Waals surface area contributed by atoms with Crippen LogP contribution in [-0.2, 0) is 5.54 Å². The highest BCUT2D eigenvalue weighted by Gasteiger charge is 2.36. The summed E-state index contributed by atoms with van der Waals surface area (Å²) < 4.78 is 16.7. The fraction of sp³-hybridized carbons (Fsp3) is 0.368. The molecule has 1 saturated carbocycles. The van der Waals surface area contributed by atoms with E-state index >= 15 is 0 Å². The van der Waals surface area contributed by atoms with E-state index in [1.54, 1.807) is 11.3 Å². The first-order chi connectivity index (χ1) is 12.7. The number of fused-ring (bicyclic) bond motifs is 1. The Balaban J connectivity index is 0.00000180. The molecular formula is C19H20ClN3O3S. The molecule has 1 aliphatic carbocycles. The minimum absolute atomic E-state index is 0. The van der Waals surface area contributed by atoms with Crippen molar-refractivity contribution in [2.75, 3.05) is 13.2 Å². The number of benzene rings is 1. The Morgan fingerprint density at radius 3 is 2.52 bits per heavy atom. The second-order valence-corrected chi connectivity index (χ2v) is 7.89. The molecule has 0 spiro atoms. The van der Waals surface area contributed by atoms with Gasteiger partial charge in [0, 0.05) is 4.88 Å². The summed E-state index contributed by atoms with van der Waals surface area (Å²) in [6.45, 7) is 1.18. The standard InChI is InChI=1S/C19H19N3O3S.ClH/c20-19(7-1-2-8-19)18-21-17(25-22-18)16-6-5-15(26-16)12-3-4-13-14(11-12)24-10-9-23-13;/h3-6,11H,1-2,7-10,20H2;1H. The molecule has 1 fully saturated rings. The molecule has 2 aliphatic rings. The zero-order chi connectivity index (χ0) is 17.6. The van der Waals surface area contributed by atoms with Crippen molar-refractivity contribution in [1.29, 1.82) is 0 Å². The first kappa shape index (κ1) is 18.3. The van der Waals surface area contributed by atoms with Crippen LogP contribution in [0, 0.1) is 0 Å². The molecule has 3 aromatic rings. The van der Waals surface area contributed by atoms with Crippen molar-refractivity contribution >= 4 is 23.7 Å². The van der Waals surface area contributed by atoms with Crippen molar-refractivity contribution < 1.29 is 14.0 Å². The molecule has 0 amide bonds. The van der Waals surface area contributed by atoms with Gasteiger partial charge in [0.25, 0.3) is 5.89 Å². The molecule has 0 saturated heterocycles. The Kier molecular flexibility index (Phi) is 4.84. The van der Waals surface area contributed by atoms with Crippen molar-refractivity contribution in [3.63, 3.8) is 0 Å². The summed E-state index contributed by atoms with van der Waals surface area (Å²) in [4.78, 5) is 6.63. The van der Waals surface area contributed by atoms with Crippen LogP contribution in [0.15, 0.2) is 34.9 Å². The predicted octanol–water partition coefficient (Wildman–Crippen LogP) is 4.39. The van der Waals surface area contributed by atoms with Crippen LogP contribution < -0.4 is 15.2 Å². The second kappa shape index (κ2) is 7.14. The van der Waals surface area contributed by atoms with Gasteiger partial charge in [-0.1, -0.05) is 18.0 Å². The Bertz CT molecular complexity index is 949. The van der Waals surface area contributed by atoms with E-state index in [1.165, 1.54) is 0 Å². The molecule has 1 aromatic carbocycles. The van der Waals surface area contributed by atoms with E-state index in [2.05, 4.69) is 16.2 Å². The van der Waals surface area contributed by atoms with Gasteiger partial charge in [-0.15, -0.1) is 23.7 Å². The number of thiophene rings is 1. The smallest absolute Gasteiger partial charge is 0.268 e. The molecule has 5 rings (SSSR count). The number of aromatic nitrogens is 2.